The zero-order valence-corrected chi connectivity index (χ0v) is 23.6. The molecule has 0 aliphatic rings. The third-order valence-electron chi connectivity index (χ3n) is 6.49. The Hall–Kier alpha value is -4.52. The van der Waals surface area contributed by atoms with Crippen LogP contribution in [0.2, 0.25) is 0 Å². The van der Waals surface area contributed by atoms with Gasteiger partial charge in [0, 0.05) is 46.4 Å². The second kappa shape index (κ2) is 12.1. The van der Waals surface area contributed by atoms with Crippen LogP contribution in [-0.2, 0) is 22.7 Å². The normalized spacial score (nSPS) is 11.2. The molecule has 0 saturated carbocycles. The summed E-state index contributed by atoms with van der Waals surface area (Å²) in [5, 5.41) is 17.2. The summed E-state index contributed by atoms with van der Waals surface area (Å²) in [6, 6.07) is 25.0. The molecule has 0 fully saturated rings. The average molecular weight is 596 g/mol. The van der Waals surface area contributed by atoms with Crippen molar-refractivity contribution < 1.29 is 14.3 Å². The smallest absolute Gasteiger partial charge is 0.278 e. The zero-order chi connectivity index (χ0) is 28.1. The van der Waals surface area contributed by atoms with E-state index < -0.39 is 5.91 Å². The van der Waals surface area contributed by atoms with Crippen LogP contribution in [-0.4, -0.2) is 35.4 Å². The second-order valence-electron chi connectivity index (χ2n) is 9.21. The minimum absolute atomic E-state index is 0.0751. The van der Waals surface area contributed by atoms with Gasteiger partial charge in [0.15, 0.2) is 6.61 Å². The molecule has 2 aromatic heterocycles. The summed E-state index contributed by atoms with van der Waals surface area (Å²) in [7, 11) is 1.54. The number of halogens is 1. The van der Waals surface area contributed by atoms with Crippen LogP contribution in [0.1, 0.15) is 27.9 Å². The maximum absolute atomic E-state index is 12.5. The molecule has 0 atom stereocenters. The molecule has 5 rings (SSSR count). The molecule has 200 valence electrons. The predicted octanol–water partition coefficient (Wildman–Crippen LogP) is 5.86. The molecule has 2 heterocycles. The van der Waals surface area contributed by atoms with E-state index in [1.807, 2.05) is 36.5 Å². The highest BCUT2D eigenvalue weighted by atomic mass is 79.9. The number of fused-ring (bicyclic) bond motifs is 2. The fraction of sp³-hybridized carbons (Fsp3) is 0.161. The molecule has 1 amide bonds. The Morgan fingerprint density at radius 1 is 1.15 bits per heavy atom. The number of nitriles is 1. The number of rotatable bonds is 9. The number of pyridine rings is 1. The number of hydrazone groups is 1. The minimum Gasteiger partial charge on any atom is -0.467 e. The van der Waals surface area contributed by atoms with E-state index in [2.05, 4.69) is 78.5 Å². The van der Waals surface area contributed by atoms with Gasteiger partial charge in [0.1, 0.15) is 11.6 Å². The number of hydrogen-bond acceptors (Lipinski definition) is 6. The highest BCUT2D eigenvalue weighted by molar-refractivity contribution is 9.10. The van der Waals surface area contributed by atoms with Crippen molar-refractivity contribution in [3.63, 3.8) is 0 Å². The summed E-state index contributed by atoms with van der Waals surface area (Å²) in [5.41, 5.74) is 7.09. The van der Waals surface area contributed by atoms with Gasteiger partial charge in [-0.2, -0.15) is 10.4 Å². The predicted molar refractivity (Wildman–Crippen MR) is 158 cm³/mol. The summed E-state index contributed by atoms with van der Waals surface area (Å²) in [6.45, 7) is 2.33. The number of nitrogens with one attached hydrogen (secondary N) is 1. The van der Waals surface area contributed by atoms with Crippen LogP contribution >= 0.6 is 15.9 Å². The lowest BCUT2D eigenvalue weighted by molar-refractivity contribution is -0.123. The standard InChI is InChI=1S/C31H26BrN5O3/c1-20-30(32)27(18-39-2)26(14-33)31(35-20)40-19-29(38)36-34-15-24-17-37(28-10-6-5-9-25(24)28)16-21-11-12-22-7-3-4-8-23(22)13-21/h3-13,15,17H,16,18-19H2,1-2H3,(H,36,38)/b34-15+. The lowest BCUT2D eigenvalue weighted by Crippen LogP contribution is -2.25. The molecule has 0 spiro atoms. The van der Waals surface area contributed by atoms with Gasteiger partial charge < -0.3 is 14.0 Å². The van der Waals surface area contributed by atoms with Gasteiger partial charge in [0.25, 0.3) is 5.91 Å². The summed E-state index contributed by atoms with van der Waals surface area (Å²) in [6.07, 6.45) is 3.65. The lowest BCUT2D eigenvalue weighted by Gasteiger charge is -2.13. The maximum atomic E-state index is 12.5. The van der Waals surface area contributed by atoms with Gasteiger partial charge in [-0.25, -0.2) is 10.4 Å². The monoisotopic (exact) mass is 595 g/mol. The molecule has 9 heteroatoms. The number of carbonyl (C=O) groups is 1. The van der Waals surface area contributed by atoms with Crippen LogP contribution in [0.25, 0.3) is 21.7 Å². The average Bonchev–Trinajstić information content (AvgIpc) is 3.31. The number of aryl methyl sites for hydroxylation is 1. The zero-order valence-electron chi connectivity index (χ0n) is 22.0. The SMILES string of the molecule is COCc1c(Br)c(C)nc(OCC(=O)N/N=C/c2cn(Cc3ccc4ccccc4c3)c3ccccc23)c1C#N. The summed E-state index contributed by atoms with van der Waals surface area (Å²) in [4.78, 5) is 16.8. The molecule has 0 unspecified atom stereocenters. The Morgan fingerprint density at radius 3 is 2.73 bits per heavy atom. The first-order chi connectivity index (χ1) is 19.5. The van der Waals surface area contributed by atoms with Crippen molar-refractivity contribution in [1.82, 2.24) is 15.0 Å². The summed E-state index contributed by atoms with van der Waals surface area (Å²) in [5.74, 6) is -0.401. The fourth-order valence-corrected chi connectivity index (χ4v) is 5.00. The van der Waals surface area contributed by atoms with Crippen molar-refractivity contribution in [3.05, 3.63) is 105 Å². The van der Waals surface area contributed by atoms with Gasteiger partial charge in [0.05, 0.1) is 18.5 Å². The lowest BCUT2D eigenvalue weighted by atomic mass is 10.1. The number of methoxy groups -OCH3 is 1. The van der Waals surface area contributed by atoms with Crippen LogP contribution < -0.4 is 10.2 Å². The molecule has 0 aliphatic carbocycles. The van der Waals surface area contributed by atoms with Crippen molar-refractivity contribution >= 4 is 49.7 Å². The molecule has 0 aliphatic heterocycles. The van der Waals surface area contributed by atoms with E-state index >= 15 is 0 Å². The number of nitrogens with zero attached hydrogens (tertiary/aromatic N) is 4. The van der Waals surface area contributed by atoms with Gasteiger partial charge in [-0.15, -0.1) is 0 Å². The molecule has 0 bridgehead atoms. The Balaban J connectivity index is 1.29. The molecular formula is C31H26BrN5O3. The van der Waals surface area contributed by atoms with E-state index in [4.69, 9.17) is 9.47 Å². The van der Waals surface area contributed by atoms with Crippen molar-refractivity contribution in [2.45, 2.75) is 20.1 Å². The number of hydrogen-bond donors (Lipinski definition) is 1. The van der Waals surface area contributed by atoms with Crippen LogP contribution in [0.4, 0.5) is 0 Å². The van der Waals surface area contributed by atoms with E-state index in [1.165, 1.54) is 23.4 Å². The van der Waals surface area contributed by atoms with E-state index in [1.54, 1.807) is 13.1 Å². The van der Waals surface area contributed by atoms with E-state index in [0.29, 0.717) is 22.3 Å². The summed E-state index contributed by atoms with van der Waals surface area (Å²) >= 11 is 3.44. The van der Waals surface area contributed by atoms with Crippen LogP contribution in [0.15, 0.2) is 82.5 Å². The third-order valence-corrected chi connectivity index (χ3v) is 7.54. The topological polar surface area (TPSA) is 102 Å². The second-order valence-corrected chi connectivity index (χ2v) is 10.0. The van der Waals surface area contributed by atoms with Crippen LogP contribution in [0.3, 0.4) is 0 Å². The number of amides is 1. The highest BCUT2D eigenvalue weighted by Gasteiger charge is 2.18. The number of para-hydroxylation sites is 1. The van der Waals surface area contributed by atoms with Gasteiger partial charge in [0.2, 0.25) is 5.88 Å². The first-order valence-electron chi connectivity index (χ1n) is 12.6. The molecule has 40 heavy (non-hydrogen) atoms. The molecule has 3 aromatic carbocycles. The summed E-state index contributed by atoms with van der Waals surface area (Å²) < 4.78 is 13.6. The van der Waals surface area contributed by atoms with Gasteiger partial charge in [-0.05, 0) is 51.3 Å². The van der Waals surface area contributed by atoms with Gasteiger partial charge >= 0.3 is 0 Å². The Labute approximate surface area is 240 Å². The molecule has 1 N–H and O–H groups in total. The molecule has 5 aromatic rings. The number of aromatic nitrogens is 2. The van der Waals surface area contributed by atoms with Crippen molar-refractivity contribution in [3.8, 4) is 11.9 Å². The number of ether oxygens (including phenoxy) is 2. The molecule has 0 saturated heterocycles. The molecule has 8 nitrogen and oxygen atoms in total. The molecular weight excluding hydrogens is 570 g/mol. The van der Waals surface area contributed by atoms with E-state index in [9.17, 15) is 10.1 Å². The first kappa shape index (κ1) is 27.1. The van der Waals surface area contributed by atoms with Crippen molar-refractivity contribution in [2.75, 3.05) is 13.7 Å². The van der Waals surface area contributed by atoms with Crippen LogP contribution in [0.5, 0.6) is 5.88 Å². The maximum Gasteiger partial charge on any atom is 0.278 e. The number of carbonyl (C=O) groups excluding carboxylic acids is 1. The Kier molecular flexibility index (Phi) is 8.20. The van der Waals surface area contributed by atoms with Crippen LogP contribution in [0, 0.1) is 18.3 Å². The Bertz CT molecular complexity index is 1790. The van der Waals surface area contributed by atoms with Crippen molar-refractivity contribution in [1.29, 1.82) is 5.26 Å². The minimum atomic E-state index is -0.476. The number of benzene rings is 3. The van der Waals surface area contributed by atoms with Gasteiger partial charge in [-0.1, -0.05) is 54.6 Å². The highest BCUT2D eigenvalue weighted by Crippen LogP contribution is 2.30. The largest absolute Gasteiger partial charge is 0.467 e. The fourth-order valence-electron chi connectivity index (χ4n) is 4.60. The van der Waals surface area contributed by atoms with E-state index in [-0.39, 0.29) is 24.7 Å². The van der Waals surface area contributed by atoms with E-state index in [0.717, 1.165) is 16.5 Å². The third kappa shape index (κ3) is 5.73. The first-order valence-corrected chi connectivity index (χ1v) is 13.4. The quantitative estimate of drug-likeness (QED) is 0.170. The van der Waals surface area contributed by atoms with Crippen molar-refractivity contribution in [2.24, 2.45) is 5.10 Å². The molecule has 0 radical (unpaired) electrons. The van der Waals surface area contributed by atoms with Gasteiger partial charge in [-0.3, -0.25) is 4.79 Å². The Morgan fingerprint density at radius 2 is 1.93 bits per heavy atom.